The standard InChI is InChI=1S/C20H21ClN4OS2/c21-17-4-1-3-16(13-17)14-23-25-18(19-5-2-12-27-19)15-28-20(25)22-6-7-24-8-10-26-11-9-24/h1-5,12-15H,6-11H2. The van der Waals surface area contributed by atoms with E-state index < -0.39 is 0 Å². The van der Waals surface area contributed by atoms with Crippen LogP contribution in [0.5, 0.6) is 0 Å². The van der Waals surface area contributed by atoms with Gasteiger partial charge in [0.2, 0.25) is 4.80 Å². The van der Waals surface area contributed by atoms with E-state index in [-0.39, 0.29) is 0 Å². The van der Waals surface area contributed by atoms with Crippen molar-refractivity contribution in [2.45, 2.75) is 0 Å². The second-order valence-electron chi connectivity index (χ2n) is 6.33. The molecule has 1 aromatic carbocycles. The molecule has 2 aromatic heterocycles. The van der Waals surface area contributed by atoms with Gasteiger partial charge in [-0.25, -0.2) is 4.68 Å². The molecule has 1 fully saturated rings. The summed E-state index contributed by atoms with van der Waals surface area (Å²) in [6, 6.07) is 11.8. The minimum absolute atomic E-state index is 0.702. The van der Waals surface area contributed by atoms with Crippen molar-refractivity contribution in [1.82, 2.24) is 9.58 Å². The van der Waals surface area contributed by atoms with Gasteiger partial charge in [-0.2, -0.15) is 5.10 Å². The third-order valence-electron chi connectivity index (χ3n) is 4.40. The van der Waals surface area contributed by atoms with Crippen LogP contribution in [0.4, 0.5) is 0 Å². The highest BCUT2D eigenvalue weighted by Gasteiger charge is 2.10. The molecule has 3 heterocycles. The fourth-order valence-corrected chi connectivity index (χ4v) is 4.79. The number of thiophene rings is 1. The Morgan fingerprint density at radius 1 is 1.14 bits per heavy atom. The number of thiazole rings is 1. The first kappa shape index (κ1) is 19.5. The van der Waals surface area contributed by atoms with E-state index in [0.29, 0.717) is 5.02 Å². The molecule has 0 amide bonds. The highest BCUT2D eigenvalue weighted by atomic mass is 35.5. The van der Waals surface area contributed by atoms with Crippen LogP contribution in [-0.4, -0.2) is 55.2 Å². The van der Waals surface area contributed by atoms with Gasteiger partial charge in [-0.3, -0.25) is 9.89 Å². The molecule has 0 radical (unpaired) electrons. The summed E-state index contributed by atoms with van der Waals surface area (Å²) in [5, 5.41) is 9.62. The molecule has 0 aliphatic carbocycles. The molecule has 3 aromatic rings. The lowest BCUT2D eigenvalue weighted by Crippen LogP contribution is -2.38. The number of aromatic nitrogens is 1. The summed E-state index contributed by atoms with van der Waals surface area (Å²) in [5.74, 6) is 0. The van der Waals surface area contributed by atoms with Gasteiger partial charge in [0.05, 0.1) is 36.5 Å². The molecule has 0 atom stereocenters. The van der Waals surface area contributed by atoms with Crippen LogP contribution < -0.4 is 4.80 Å². The molecule has 8 heteroatoms. The van der Waals surface area contributed by atoms with E-state index in [4.69, 9.17) is 26.4 Å². The zero-order chi connectivity index (χ0) is 19.2. The van der Waals surface area contributed by atoms with Crippen molar-refractivity contribution in [3.63, 3.8) is 0 Å². The largest absolute Gasteiger partial charge is 0.379 e. The Bertz CT molecular complexity index is 988. The van der Waals surface area contributed by atoms with Crippen molar-refractivity contribution in [3.05, 3.63) is 62.5 Å². The quantitative estimate of drug-likeness (QED) is 0.551. The maximum Gasteiger partial charge on any atom is 0.206 e. The number of ether oxygens (including phenoxy) is 1. The lowest BCUT2D eigenvalue weighted by atomic mass is 10.2. The molecule has 4 rings (SSSR count). The molecule has 0 spiro atoms. The van der Waals surface area contributed by atoms with E-state index in [1.54, 1.807) is 22.7 Å². The Balaban J connectivity index is 1.59. The number of nitrogens with zero attached hydrogens (tertiary/aromatic N) is 4. The maximum atomic E-state index is 6.09. The van der Waals surface area contributed by atoms with Gasteiger partial charge in [-0.15, -0.1) is 22.7 Å². The monoisotopic (exact) mass is 432 g/mol. The number of benzene rings is 1. The van der Waals surface area contributed by atoms with Gasteiger partial charge in [-0.1, -0.05) is 29.8 Å². The van der Waals surface area contributed by atoms with Gasteiger partial charge in [0, 0.05) is 30.0 Å². The smallest absolute Gasteiger partial charge is 0.206 e. The average molecular weight is 433 g/mol. The Hall–Kier alpha value is -1.77. The molecular weight excluding hydrogens is 412 g/mol. The molecule has 0 unspecified atom stereocenters. The van der Waals surface area contributed by atoms with Crippen LogP contribution in [0.3, 0.4) is 0 Å². The number of rotatable bonds is 6. The van der Waals surface area contributed by atoms with Crippen molar-refractivity contribution in [3.8, 4) is 10.6 Å². The molecule has 0 saturated carbocycles. The van der Waals surface area contributed by atoms with Crippen molar-refractivity contribution in [2.75, 3.05) is 39.4 Å². The van der Waals surface area contributed by atoms with Crippen molar-refractivity contribution < 1.29 is 4.74 Å². The van der Waals surface area contributed by atoms with E-state index in [0.717, 1.165) is 55.5 Å². The van der Waals surface area contributed by atoms with E-state index in [1.807, 2.05) is 35.2 Å². The summed E-state index contributed by atoms with van der Waals surface area (Å²) >= 11 is 9.42. The first-order valence-corrected chi connectivity index (χ1v) is 11.3. The van der Waals surface area contributed by atoms with Crippen LogP contribution in [0.15, 0.2) is 57.3 Å². The fraction of sp³-hybridized carbons (Fsp3) is 0.300. The fourth-order valence-electron chi connectivity index (χ4n) is 2.94. The highest BCUT2D eigenvalue weighted by molar-refractivity contribution is 7.14. The predicted octanol–water partition coefficient (Wildman–Crippen LogP) is 4.05. The number of halogens is 1. The molecule has 0 N–H and O–H groups in total. The summed E-state index contributed by atoms with van der Waals surface area (Å²) < 4.78 is 7.34. The first-order valence-electron chi connectivity index (χ1n) is 9.14. The molecule has 28 heavy (non-hydrogen) atoms. The molecule has 146 valence electrons. The van der Waals surface area contributed by atoms with Gasteiger partial charge in [0.25, 0.3) is 0 Å². The lowest BCUT2D eigenvalue weighted by molar-refractivity contribution is 0.0393. The van der Waals surface area contributed by atoms with Crippen LogP contribution in [0.25, 0.3) is 10.6 Å². The zero-order valence-corrected chi connectivity index (χ0v) is 17.7. The molecule has 1 aliphatic heterocycles. The molecular formula is C20H21ClN4OS2. The third kappa shape index (κ3) is 4.98. The normalized spacial score (nSPS) is 16.2. The van der Waals surface area contributed by atoms with Gasteiger partial charge in [-0.05, 0) is 29.1 Å². The minimum atomic E-state index is 0.702. The summed E-state index contributed by atoms with van der Waals surface area (Å²) in [5.41, 5.74) is 2.02. The van der Waals surface area contributed by atoms with E-state index in [9.17, 15) is 0 Å². The van der Waals surface area contributed by atoms with Crippen LogP contribution in [0, 0.1) is 0 Å². The average Bonchev–Trinajstić information content (AvgIpc) is 3.37. The number of hydrogen-bond acceptors (Lipinski definition) is 6. The van der Waals surface area contributed by atoms with Crippen molar-refractivity contribution >= 4 is 40.5 Å². The number of hydrogen-bond donors (Lipinski definition) is 0. The van der Waals surface area contributed by atoms with E-state index >= 15 is 0 Å². The van der Waals surface area contributed by atoms with Crippen LogP contribution >= 0.6 is 34.3 Å². The van der Waals surface area contributed by atoms with Gasteiger partial charge in [0.15, 0.2) is 0 Å². The van der Waals surface area contributed by atoms with E-state index in [2.05, 4.69) is 27.8 Å². The summed E-state index contributed by atoms with van der Waals surface area (Å²) in [4.78, 5) is 9.29. The SMILES string of the molecule is Clc1cccc(C=Nn2c(-c3cccs3)csc2=NCCN2CCOCC2)c1. The topological polar surface area (TPSA) is 42.1 Å². The Labute approximate surface area is 177 Å². The van der Waals surface area contributed by atoms with E-state index in [1.165, 1.54) is 4.88 Å². The zero-order valence-electron chi connectivity index (χ0n) is 15.3. The van der Waals surface area contributed by atoms with Crippen LogP contribution in [0.2, 0.25) is 5.02 Å². The number of morpholine rings is 1. The predicted molar refractivity (Wildman–Crippen MR) is 118 cm³/mol. The van der Waals surface area contributed by atoms with Crippen LogP contribution in [0.1, 0.15) is 5.56 Å². The van der Waals surface area contributed by atoms with Gasteiger partial charge in [0.1, 0.15) is 0 Å². The van der Waals surface area contributed by atoms with Gasteiger partial charge < -0.3 is 4.74 Å². The second-order valence-corrected chi connectivity index (χ2v) is 8.55. The van der Waals surface area contributed by atoms with Crippen molar-refractivity contribution in [2.24, 2.45) is 10.1 Å². The first-order chi connectivity index (χ1) is 13.8. The maximum absolute atomic E-state index is 6.09. The third-order valence-corrected chi connectivity index (χ3v) is 6.38. The molecule has 5 nitrogen and oxygen atoms in total. The summed E-state index contributed by atoms with van der Waals surface area (Å²) in [6.45, 7) is 5.27. The van der Waals surface area contributed by atoms with Crippen molar-refractivity contribution in [1.29, 1.82) is 0 Å². The highest BCUT2D eigenvalue weighted by Crippen LogP contribution is 2.25. The molecule has 1 aliphatic rings. The summed E-state index contributed by atoms with van der Waals surface area (Å²) in [7, 11) is 0. The van der Waals surface area contributed by atoms with Gasteiger partial charge >= 0.3 is 0 Å². The van der Waals surface area contributed by atoms with Crippen LogP contribution in [-0.2, 0) is 4.74 Å². The second kappa shape index (κ2) is 9.62. The Morgan fingerprint density at radius 2 is 2.04 bits per heavy atom. The molecule has 1 saturated heterocycles. The summed E-state index contributed by atoms with van der Waals surface area (Å²) in [6.07, 6.45) is 1.83. The minimum Gasteiger partial charge on any atom is -0.379 e. The Kier molecular flexibility index (Phi) is 6.72. The lowest BCUT2D eigenvalue weighted by Gasteiger charge is -2.25. The molecule has 0 bridgehead atoms. The Morgan fingerprint density at radius 3 is 2.82 bits per heavy atom.